The number of aryl methyl sites for hydroxylation is 1. The molecule has 1 nitrogen and oxygen atoms in total. The van der Waals surface area contributed by atoms with E-state index in [-0.39, 0.29) is 0 Å². The summed E-state index contributed by atoms with van der Waals surface area (Å²) < 4.78 is 38.2. The van der Waals surface area contributed by atoms with Gasteiger partial charge < -0.3 is 0 Å². The van der Waals surface area contributed by atoms with Crippen molar-refractivity contribution in [1.29, 1.82) is 0 Å². The molecule has 0 spiro atoms. The van der Waals surface area contributed by atoms with Crippen LogP contribution in [0.4, 0.5) is 13.2 Å². The van der Waals surface area contributed by atoms with E-state index in [0.29, 0.717) is 10.9 Å². The molecule has 1 aromatic carbocycles. The van der Waals surface area contributed by atoms with Gasteiger partial charge in [0.05, 0.1) is 5.52 Å². The molecule has 2 rings (SSSR count). The summed E-state index contributed by atoms with van der Waals surface area (Å²) in [6, 6.07) is 5.92. The number of hydrogen-bond donors (Lipinski definition) is 0. The Morgan fingerprint density at radius 1 is 1.19 bits per heavy atom. The second-order valence-corrected chi connectivity index (χ2v) is 4.40. The van der Waals surface area contributed by atoms with Crippen molar-refractivity contribution in [2.45, 2.75) is 13.1 Å². The van der Waals surface area contributed by atoms with Gasteiger partial charge in [-0.2, -0.15) is 13.2 Å². The number of halogens is 4. The van der Waals surface area contributed by atoms with Crippen LogP contribution in [0.2, 0.25) is 0 Å². The minimum Gasteiger partial charge on any atom is -0.243 e. The van der Waals surface area contributed by atoms with Crippen LogP contribution in [-0.4, -0.2) is 4.98 Å². The van der Waals surface area contributed by atoms with Crippen LogP contribution in [-0.2, 0) is 6.18 Å². The zero-order valence-electron chi connectivity index (χ0n) is 8.27. The maximum atomic E-state index is 12.5. The first-order valence-electron chi connectivity index (χ1n) is 4.52. The van der Waals surface area contributed by atoms with E-state index >= 15 is 0 Å². The van der Waals surface area contributed by atoms with Crippen molar-refractivity contribution in [2.24, 2.45) is 0 Å². The van der Waals surface area contributed by atoms with Gasteiger partial charge in [0.1, 0.15) is 5.69 Å². The van der Waals surface area contributed by atoms with Crippen molar-refractivity contribution in [2.75, 3.05) is 0 Å². The number of hydrogen-bond acceptors (Lipinski definition) is 1. The van der Waals surface area contributed by atoms with Crippen molar-refractivity contribution < 1.29 is 13.2 Å². The molecule has 0 aliphatic heterocycles. The Labute approximate surface area is 98.4 Å². The first kappa shape index (κ1) is 11.4. The summed E-state index contributed by atoms with van der Waals surface area (Å²) in [6.45, 7) is 1.74. The molecule has 84 valence electrons. The van der Waals surface area contributed by atoms with Gasteiger partial charge >= 0.3 is 6.18 Å². The van der Waals surface area contributed by atoms with Crippen LogP contribution in [0.5, 0.6) is 0 Å². The van der Waals surface area contributed by atoms with E-state index in [4.69, 9.17) is 0 Å². The van der Waals surface area contributed by atoms with Crippen LogP contribution in [0.15, 0.2) is 28.7 Å². The molecule has 5 heteroatoms. The van der Waals surface area contributed by atoms with Gasteiger partial charge in [-0.05, 0) is 30.7 Å². The summed E-state index contributed by atoms with van der Waals surface area (Å²) >= 11 is 3.29. The summed E-state index contributed by atoms with van der Waals surface area (Å²) in [7, 11) is 0. The first-order chi connectivity index (χ1) is 7.38. The molecule has 0 saturated carbocycles. The molecule has 0 saturated heterocycles. The molecule has 0 radical (unpaired) electrons. The van der Waals surface area contributed by atoms with Crippen LogP contribution in [0.25, 0.3) is 10.9 Å². The lowest BCUT2D eigenvalue weighted by Crippen LogP contribution is -2.07. The Kier molecular flexibility index (Phi) is 2.66. The van der Waals surface area contributed by atoms with E-state index in [1.165, 1.54) is 6.07 Å². The Bertz CT molecular complexity index is 549. The van der Waals surface area contributed by atoms with Crippen molar-refractivity contribution in [3.63, 3.8) is 0 Å². The fourth-order valence-corrected chi connectivity index (χ4v) is 2.12. The van der Waals surface area contributed by atoms with Crippen LogP contribution in [0.3, 0.4) is 0 Å². The van der Waals surface area contributed by atoms with Gasteiger partial charge in [-0.3, -0.25) is 0 Å². The highest BCUT2D eigenvalue weighted by molar-refractivity contribution is 9.10. The number of alkyl halides is 3. The Hall–Kier alpha value is -1.10. The molecular formula is C11H7BrF3N. The van der Waals surface area contributed by atoms with E-state index in [1.54, 1.807) is 19.1 Å². The molecule has 1 aromatic heterocycles. The highest BCUT2D eigenvalue weighted by atomic mass is 79.9. The Balaban J connectivity index is 2.72. The molecule has 0 aliphatic carbocycles. The normalized spacial score (nSPS) is 12.1. The molecule has 1 heterocycles. The predicted molar refractivity (Wildman–Crippen MR) is 59.2 cm³/mol. The molecule has 0 aliphatic rings. The lowest BCUT2D eigenvalue weighted by atomic mass is 10.1. The number of rotatable bonds is 0. The third-order valence-corrected chi connectivity index (χ3v) is 2.70. The van der Waals surface area contributed by atoms with Gasteiger partial charge in [0, 0.05) is 9.86 Å². The van der Waals surface area contributed by atoms with Gasteiger partial charge in [0.15, 0.2) is 0 Å². The summed E-state index contributed by atoms with van der Waals surface area (Å²) in [6.07, 6.45) is -4.40. The third kappa shape index (κ3) is 2.04. The third-order valence-electron chi connectivity index (χ3n) is 2.24. The summed E-state index contributed by atoms with van der Waals surface area (Å²) in [5, 5.41) is 0.694. The van der Waals surface area contributed by atoms with Gasteiger partial charge in [-0.15, -0.1) is 0 Å². The predicted octanol–water partition coefficient (Wildman–Crippen LogP) is 4.32. The first-order valence-corrected chi connectivity index (χ1v) is 5.31. The molecule has 0 bridgehead atoms. The quantitative estimate of drug-likeness (QED) is 0.704. The average Bonchev–Trinajstić information content (AvgIpc) is 2.15. The largest absolute Gasteiger partial charge is 0.433 e. The lowest BCUT2D eigenvalue weighted by Gasteiger charge is -2.08. The molecule has 0 unspecified atom stereocenters. The molecule has 16 heavy (non-hydrogen) atoms. The van der Waals surface area contributed by atoms with Crippen molar-refractivity contribution in [1.82, 2.24) is 4.98 Å². The van der Waals surface area contributed by atoms with E-state index in [9.17, 15) is 13.2 Å². The minimum atomic E-state index is -4.40. The number of benzene rings is 1. The number of pyridine rings is 1. The molecular weight excluding hydrogens is 283 g/mol. The minimum absolute atomic E-state index is 0.387. The van der Waals surface area contributed by atoms with Gasteiger partial charge in [0.25, 0.3) is 0 Å². The number of nitrogens with zero attached hydrogens (tertiary/aromatic N) is 1. The Morgan fingerprint density at radius 3 is 2.50 bits per heavy atom. The Morgan fingerprint density at radius 2 is 1.88 bits per heavy atom. The van der Waals surface area contributed by atoms with Crippen LogP contribution >= 0.6 is 15.9 Å². The summed E-state index contributed by atoms with van der Waals surface area (Å²) in [4.78, 5) is 3.64. The van der Waals surface area contributed by atoms with Gasteiger partial charge in [-0.25, -0.2) is 4.98 Å². The van der Waals surface area contributed by atoms with Crippen molar-refractivity contribution in [3.8, 4) is 0 Å². The highest BCUT2D eigenvalue weighted by Gasteiger charge is 2.32. The van der Waals surface area contributed by atoms with Gasteiger partial charge in [-0.1, -0.05) is 22.0 Å². The topological polar surface area (TPSA) is 12.9 Å². The second-order valence-electron chi connectivity index (χ2n) is 3.49. The zero-order valence-corrected chi connectivity index (χ0v) is 9.85. The van der Waals surface area contributed by atoms with Gasteiger partial charge in [0.2, 0.25) is 0 Å². The average molecular weight is 290 g/mol. The fourth-order valence-electron chi connectivity index (χ4n) is 1.53. The standard InChI is InChI=1S/C11H7BrF3N/c1-6-4-8(12)5-7-2-3-9(11(13,14)15)16-10(6)7/h2-5H,1H3. The molecule has 2 aromatic rings. The number of fused-ring (bicyclic) bond motifs is 1. The summed E-state index contributed by atoms with van der Waals surface area (Å²) in [5.74, 6) is 0. The van der Waals surface area contributed by atoms with E-state index in [2.05, 4.69) is 20.9 Å². The van der Waals surface area contributed by atoms with Crippen LogP contribution in [0.1, 0.15) is 11.3 Å². The maximum absolute atomic E-state index is 12.5. The molecule has 0 N–H and O–H groups in total. The fraction of sp³-hybridized carbons (Fsp3) is 0.182. The van der Waals surface area contributed by atoms with Crippen LogP contribution < -0.4 is 0 Å². The summed E-state index contributed by atoms with van der Waals surface area (Å²) in [5.41, 5.74) is 0.249. The smallest absolute Gasteiger partial charge is 0.243 e. The zero-order chi connectivity index (χ0) is 11.9. The van der Waals surface area contributed by atoms with E-state index < -0.39 is 11.9 Å². The monoisotopic (exact) mass is 289 g/mol. The molecule has 0 fully saturated rings. The highest BCUT2D eigenvalue weighted by Crippen LogP contribution is 2.30. The van der Waals surface area contributed by atoms with E-state index in [0.717, 1.165) is 16.1 Å². The van der Waals surface area contributed by atoms with Crippen molar-refractivity contribution in [3.05, 3.63) is 40.0 Å². The van der Waals surface area contributed by atoms with Crippen molar-refractivity contribution >= 4 is 26.8 Å². The number of aromatic nitrogens is 1. The van der Waals surface area contributed by atoms with E-state index in [1.807, 2.05) is 0 Å². The molecule has 0 amide bonds. The molecule has 0 atom stereocenters. The SMILES string of the molecule is Cc1cc(Br)cc2ccc(C(F)(F)F)nc12. The maximum Gasteiger partial charge on any atom is 0.433 e. The second kappa shape index (κ2) is 3.73. The lowest BCUT2D eigenvalue weighted by molar-refractivity contribution is -0.140. The van der Waals surface area contributed by atoms with Crippen LogP contribution in [0, 0.1) is 6.92 Å².